The molecule has 19 heavy (non-hydrogen) atoms. The zero-order valence-corrected chi connectivity index (χ0v) is 12.4. The van der Waals surface area contributed by atoms with Gasteiger partial charge in [0, 0.05) is 11.1 Å². The summed E-state index contributed by atoms with van der Waals surface area (Å²) >= 11 is 3.36. The van der Waals surface area contributed by atoms with Gasteiger partial charge in [0.05, 0.1) is 33.1 Å². The zero-order valence-electron chi connectivity index (χ0n) is 10.7. The molecule has 0 radical (unpaired) electrons. The Morgan fingerprint density at radius 2 is 2.11 bits per heavy atom. The van der Waals surface area contributed by atoms with Crippen LogP contribution in [0.15, 0.2) is 18.3 Å². The first-order valence-corrected chi connectivity index (χ1v) is 7.57. The van der Waals surface area contributed by atoms with Gasteiger partial charge in [-0.2, -0.15) is 0 Å². The molecule has 0 amide bonds. The van der Waals surface area contributed by atoms with Gasteiger partial charge in [0.2, 0.25) is 0 Å². The van der Waals surface area contributed by atoms with Crippen LogP contribution >= 0.6 is 22.7 Å². The van der Waals surface area contributed by atoms with Gasteiger partial charge in [-0.25, -0.2) is 9.97 Å². The van der Waals surface area contributed by atoms with Crippen molar-refractivity contribution in [3.63, 3.8) is 0 Å². The molecule has 0 aliphatic heterocycles. The molecule has 0 saturated heterocycles. The summed E-state index contributed by atoms with van der Waals surface area (Å²) in [7, 11) is 0. The van der Waals surface area contributed by atoms with Crippen LogP contribution in [0, 0.1) is 13.8 Å². The van der Waals surface area contributed by atoms with Crippen molar-refractivity contribution in [1.29, 1.82) is 0 Å². The maximum Gasteiger partial charge on any atom is 0.112 e. The molecule has 0 bridgehead atoms. The summed E-state index contributed by atoms with van der Waals surface area (Å²) in [5.41, 5.74) is 8.74. The maximum absolute atomic E-state index is 6.06. The Labute approximate surface area is 119 Å². The highest BCUT2D eigenvalue weighted by molar-refractivity contribution is 7.18. The number of rotatable bonds is 3. The molecule has 0 atom stereocenters. The molecule has 0 saturated carbocycles. The molecule has 3 rings (SSSR count). The van der Waals surface area contributed by atoms with Crippen molar-refractivity contribution < 1.29 is 0 Å². The lowest BCUT2D eigenvalue weighted by atomic mass is 10.2. The molecule has 0 unspecified atom stereocenters. The summed E-state index contributed by atoms with van der Waals surface area (Å²) in [6.07, 6.45) is 1.89. The number of nitrogens with two attached hydrogens (primary N) is 1. The molecular weight excluding hydrogens is 276 g/mol. The predicted octanol–water partition coefficient (Wildman–Crippen LogP) is 3.56. The highest BCUT2D eigenvalue weighted by Crippen LogP contribution is 2.30. The van der Waals surface area contributed by atoms with Crippen LogP contribution < -0.4 is 11.1 Å². The molecular formula is C13H14N4S2. The van der Waals surface area contributed by atoms with E-state index in [4.69, 9.17) is 5.73 Å². The van der Waals surface area contributed by atoms with Crippen LogP contribution in [0.25, 0.3) is 10.2 Å². The fourth-order valence-electron chi connectivity index (χ4n) is 1.91. The minimum Gasteiger partial charge on any atom is -0.397 e. The van der Waals surface area contributed by atoms with Crippen molar-refractivity contribution >= 4 is 44.3 Å². The summed E-state index contributed by atoms with van der Waals surface area (Å²) in [6.45, 7) is 4.75. The third kappa shape index (κ3) is 2.54. The molecule has 2 heterocycles. The fraction of sp³-hybridized carbons (Fsp3) is 0.231. The van der Waals surface area contributed by atoms with E-state index in [0.717, 1.165) is 31.6 Å². The van der Waals surface area contributed by atoms with Crippen LogP contribution in [0.5, 0.6) is 0 Å². The quantitative estimate of drug-likeness (QED) is 0.724. The highest BCUT2D eigenvalue weighted by atomic mass is 32.1. The lowest BCUT2D eigenvalue weighted by Gasteiger charge is -2.07. The summed E-state index contributed by atoms with van der Waals surface area (Å²) in [5, 5.41) is 5.45. The number of benzene rings is 1. The largest absolute Gasteiger partial charge is 0.397 e. The molecule has 0 aliphatic rings. The van der Waals surface area contributed by atoms with Crippen LogP contribution in [0.3, 0.4) is 0 Å². The van der Waals surface area contributed by atoms with E-state index in [-0.39, 0.29) is 0 Å². The molecule has 0 fully saturated rings. The van der Waals surface area contributed by atoms with E-state index >= 15 is 0 Å². The van der Waals surface area contributed by atoms with Crippen molar-refractivity contribution in [3.8, 4) is 0 Å². The predicted molar refractivity (Wildman–Crippen MR) is 82.9 cm³/mol. The van der Waals surface area contributed by atoms with E-state index in [1.165, 1.54) is 4.88 Å². The van der Waals surface area contributed by atoms with Gasteiger partial charge in [-0.05, 0) is 26.0 Å². The van der Waals surface area contributed by atoms with Gasteiger partial charge in [0.1, 0.15) is 5.01 Å². The second kappa shape index (κ2) is 4.79. The van der Waals surface area contributed by atoms with Crippen molar-refractivity contribution in [3.05, 3.63) is 33.2 Å². The number of nitrogens with zero attached hydrogens (tertiary/aromatic N) is 2. The number of hydrogen-bond donors (Lipinski definition) is 2. The molecule has 1 aromatic carbocycles. The first kappa shape index (κ1) is 12.4. The first-order chi connectivity index (χ1) is 9.11. The Bertz CT molecular complexity index is 729. The number of thiazole rings is 2. The Morgan fingerprint density at radius 1 is 1.26 bits per heavy atom. The van der Waals surface area contributed by atoms with E-state index in [0.29, 0.717) is 6.54 Å². The highest BCUT2D eigenvalue weighted by Gasteiger charge is 2.07. The average Bonchev–Trinajstić information content (AvgIpc) is 2.91. The minimum absolute atomic E-state index is 0.692. The lowest BCUT2D eigenvalue weighted by molar-refractivity contribution is 1.10. The molecule has 3 N–H and O–H groups in total. The number of aryl methyl sites for hydroxylation is 2. The Balaban J connectivity index is 1.85. The van der Waals surface area contributed by atoms with Crippen molar-refractivity contribution in [1.82, 2.24) is 9.97 Å². The summed E-state index contributed by atoms with van der Waals surface area (Å²) < 4.78 is 1.13. The summed E-state index contributed by atoms with van der Waals surface area (Å²) in [5.74, 6) is 0. The number of fused-ring (bicyclic) bond motifs is 1. The normalized spacial score (nSPS) is 11.1. The van der Waals surface area contributed by atoms with Gasteiger partial charge in [-0.3, -0.25) is 0 Å². The molecule has 4 nitrogen and oxygen atoms in total. The Kier molecular flexibility index (Phi) is 3.12. The SMILES string of the molecule is Cc1cnc(CNc2cc3nc(C)sc3cc2N)s1. The van der Waals surface area contributed by atoms with Crippen molar-refractivity contribution in [2.45, 2.75) is 20.4 Å². The molecule has 3 aromatic rings. The lowest BCUT2D eigenvalue weighted by Crippen LogP contribution is -2.02. The minimum atomic E-state index is 0.692. The number of aromatic nitrogens is 2. The Hall–Kier alpha value is -1.66. The average molecular weight is 290 g/mol. The maximum atomic E-state index is 6.06. The number of hydrogen-bond acceptors (Lipinski definition) is 6. The number of nitrogen functional groups attached to an aromatic ring is 1. The first-order valence-electron chi connectivity index (χ1n) is 5.93. The zero-order chi connectivity index (χ0) is 13.4. The third-order valence-electron chi connectivity index (χ3n) is 2.77. The van der Waals surface area contributed by atoms with Gasteiger partial charge in [0.15, 0.2) is 0 Å². The van der Waals surface area contributed by atoms with Crippen molar-refractivity contribution in [2.75, 3.05) is 11.1 Å². The van der Waals surface area contributed by atoms with Crippen LogP contribution in [0.4, 0.5) is 11.4 Å². The van der Waals surface area contributed by atoms with Gasteiger partial charge in [-0.1, -0.05) is 0 Å². The number of nitrogens with one attached hydrogen (secondary N) is 1. The van der Waals surface area contributed by atoms with Crippen LogP contribution in [-0.2, 0) is 6.54 Å². The third-order valence-corrected chi connectivity index (χ3v) is 4.61. The van der Waals surface area contributed by atoms with Gasteiger partial charge in [-0.15, -0.1) is 22.7 Å². The van der Waals surface area contributed by atoms with E-state index in [1.807, 2.05) is 25.3 Å². The molecule has 2 aromatic heterocycles. The monoisotopic (exact) mass is 290 g/mol. The van der Waals surface area contributed by atoms with E-state index in [9.17, 15) is 0 Å². The molecule has 0 aliphatic carbocycles. The standard InChI is InChI=1S/C13H14N4S2/c1-7-5-16-13(18-7)6-15-10-4-11-12(3-9(10)14)19-8(2)17-11/h3-5,15H,6,14H2,1-2H3. The smallest absolute Gasteiger partial charge is 0.112 e. The Morgan fingerprint density at radius 3 is 2.84 bits per heavy atom. The molecule has 0 spiro atoms. The summed E-state index contributed by atoms with van der Waals surface area (Å²) in [4.78, 5) is 10.0. The topological polar surface area (TPSA) is 63.8 Å². The van der Waals surface area contributed by atoms with Crippen LogP contribution in [0.1, 0.15) is 14.9 Å². The summed E-state index contributed by atoms with van der Waals surface area (Å²) in [6, 6.07) is 3.99. The molecule has 6 heteroatoms. The van der Waals surface area contributed by atoms with Crippen LogP contribution in [0.2, 0.25) is 0 Å². The van der Waals surface area contributed by atoms with E-state index in [2.05, 4.69) is 22.2 Å². The molecule has 98 valence electrons. The number of anilines is 2. The second-order valence-corrected chi connectivity index (χ2v) is 6.91. The van der Waals surface area contributed by atoms with Crippen molar-refractivity contribution in [2.24, 2.45) is 0 Å². The van der Waals surface area contributed by atoms with Gasteiger partial charge < -0.3 is 11.1 Å². The van der Waals surface area contributed by atoms with E-state index in [1.54, 1.807) is 22.7 Å². The van der Waals surface area contributed by atoms with Crippen LogP contribution in [-0.4, -0.2) is 9.97 Å². The van der Waals surface area contributed by atoms with Gasteiger partial charge in [0.25, 0.3) is 0 Å². The fourth-order valence-corrected chi connectivity index (χ4v) is 3.50. The van der Waals surface area contributed by atoms with Gasteiger partial charge >= 0.3 is 0 Å². The van der Waals surface area contributed by atoms with E-state index < -0.39 is 0 Å². The second-order valence-electron chi connectivity index (χ2n) is 4.36.